The lowest BCUT2D eigenvalue weighted by Gasteiger charge is -2.16. The van der Waals surface area contributed by atoms with Crippen molar-refractivity contribution in [2.45, 2.75) is 25.9 Å². The molecule has 110 valence electrons. The molecule has 0 aliphatic rings. The van der Waals surface area contributed by atoms with Crippen molar-refractivity contribution in [3.63, 3.8) is 0 Å². The van der Waals surface area contributed by atoms with E-state index in [4.69, 9.17) is 5.11 Å². The van der Waals surface area contributed by atoms with Crippen molar-refractivity contribution in [1.29, 1.82) is 0 Å². The Morgan fingerprint density at radius 2 is 1.79 bits per heavy atom. The summed E-state index contributed by atoms with van der Waals surface area (Å²) < 4.78 is 33.3. The molecule has 0 saturated carbocycles. The zero-order valence-electron chi connectivity index (χ0n) is 10.6. The Bertz CT molecular complexity index is 316. The van der Waals surface area contributed by atoms with Crippen molar-refractivity contribution in [2.24, 2.45) is 0 Å². The average Bonchev–Trinajstić information content (AvgIpc) is 2.39. The number of aliphatic hydroxyl groups excluding tert-OH is 1. The molecule has 0 rings (SSSR count). The number of alkyl halides is 2. The number of rotatable bonds is 6. The van der Waals surface area contributed by atoms with Gasteiger partial charge in [0.05, 0.1) is 13.2 Å². The summed E-state index contributed by atoms with van der Waals surface area (Å²) in [4.78, 5) is 29.8. The zero-order chi connectivity index (χ0) is 15.5. The van der Waals surface area contributed by atoms with Crippen LogP contribution in [0, 0.1) is 0 Å². The fourth-order valence-electron chi connectivity index (χ4n) is 0.666. The van der Waals surface area contributed by atoms with Crippen LogP contribution < -0.4 is 0 Å². The van der Waals surface area contributed by atoms with E-state index >= 15 is 0 Å². The molecule has 0 heterocycles. The highest BCUT2D eigenvalue weighted by Gasteiger charge is 2.41. The first kappa shape index (κ1) is 19.5. The van der Waals surface area contributed by atoms with E-state index < -0.39 is 24.0 Å². The molecule has 6 nitrogen and oxygen atoms in total. The SMILES string of the molecule is C=CC(F)(F)C(O)C(=O)OCC.CCOC(=O)C=O. The molecule has 0 aliphatic heterocycles. The van der Waals surface area contributed by atoms with Gasteiger partial charge in [0, 0.05) is 0 Å². The molecule has 1 unspecified atom stereocenters. The van der Waals surface area contributed by atoms with Gasteiger partial charge >= 0.3 is 17.9 Å². The van der Waals surface area contributed by atoms with Crippen LogP contribution in [0.2, 0.25) is 0 Å². The minimum absolute atomic E-state index is 0.0525. The molecule has 0 saturated heterocycles. The Morgan fingerprint density at radius 3 is 2.05 bits per heavy atom. The molecular formula is C11H16F2O6. The average molecular weight is 282 g/mol. The lowest BCUT2D eigenvalue weighted by molar-refractivity contribution is -0.168. The van der Waals surface area contributed by atoms with Crippen LogP contribution in [-0.2, 0) is 23.9 Å². The summed E-state index contributed by atoms with van der Waals surface area (Å²) in [7, 11) is 0. The van der Waals surface area contributed by atoms with Gasteiger partial charge in [-0.15, -0.1) is 0 Å². The van der Waals surface area contributed by atoms with Crippen LogP contribution >= 0.6 is 0 Å². The summed E-state index contributed by atoms with van der Waals surface area (Å²) in [5, 5.41) is 8.68. The number of carbonyl (C=O) groups is 3. The smallest absolute Gasteiger partial charge is 0.371 e. The van der Waals surface area contributed by atoms with Crippen molar-refractivity contribution in [3.8, 4) is 0 Å². The van der Waals surface area contributed by atoms with E-state index in [1.165, 1.54) is 6.92 Å². The summed E-state index contributed by atoms with van der Waals surface area (Å²) in [6.45, 7) is 6.08. The third-order valence-corrected chi connectivity index (χ3v) is 1.53. The van der Waals surface area contributed by atoms with Crippen LogP contribution in [-0.4, -0.2) is 48.6 Å². The van der Waals surface area contributed by atoms with Crippen molar-refractivity contribution in [3.05, 3.63) is 12.7 Å². The molecule has 0 amide bonds. The van der Waals surface area contributed by atoms with Crippen LogP contribution in [0.15, 0.2) is 12.7 Å². The number of aliphatic hydroxyl groups is 1. The van der Waals surface area contributed by atoms with Crippen LogP contribution in [0.1, 0.15) is 13.8 Å². The second-order valence-corrected chi connectivity index (χ2v) is 2.90. The number of hydrogen-bond donors (Lipinski definition) is 1. The Balaban J connectivity index is 0. The normalized spacial score (nSPS) is 11.4. The number of hydrogen-bond acceptors (Lipinski definition) is 6. The van der Waals surface area contributed by atoms with Crippen LogP contribution in [0.25, 0.3) is 0 Å². The van der Waals surface area contributed by atoms with Gasteiger partial charge in [0.2, 0.25) is 12.4 Å². The molecule has 1 atom stereocenters. The maximum Gasteiger partial charge on any atom is 0.371 e. The number of carbonyl (C=O) groups excluding carboxylic acids is 3. The third-order valence-electron chi connectivity index (χ3n) is 1.53. The van der Waals surface area contributed by atoms with Gasteiger partial charge in [-0.2, -0.15) is 8.78 Å². The topological polar surface area (TPSA) is 89.9 Å². The molecule has 0 aromatic heterocycles. The minimum atomic E-state index is -3.63. The molecule has 1 N–H and O–H groups in total. The quantitative estimate of drug-likeness (QED) is 0.330. The molecule has 0 aliphatic carbocycles. The molecule has 19 heavy (non-hydrogen) atoms. The monoisotopic (exact) mass is 282 g/mol. The van der Waals surface area contributed by atoms with Gasteiger partial charge in [-0.25, -0.2) is 9.59 Å². The van der Waals surface area contributed by atoms with Crippen molar-refractivity contribution in [1.82, 2.24) is 0 Å². The van der Waals surface area contributed by atoms with E-state index in [9.17, 15) is 23.2 Å². The van der Waals surface area contributed by atoms with E-state index in [0.717, 1.165) is 0 Å². The Labute approximate surface area is 109 Å². The Morgan fingerprint density at radius 1 is 1.32 bits per heavy atom. The molecule has 0 aromatic carbocycles. The fraction of sp³-hybridized carbons (Fsp3) is 0.545. The summed E-state index contributed by atoms with van der Waals surface area (Å²) in [5.41, 5.74) is 0. The third kappa shape index (κ3) is 8.83. The first-order valence-corrected chi connectivity index (χ1v) is 5.24. The summed E-state index contributed by atoms with van der Waals surface area (Å²) >= 11 is 0. The predicted molar refractivity (Wildman–Crippen MR) is 60.5 cm³/mol. The number of esters is 2. The second-order valence-electron chi connectivity index (χ2n) is 2.90. The molecule has 0 fully saturated rings. The van der Waals surface area contributed by atoms with Gasteiger partial charge in [-0.1, -0.05) is 6.58 Å². The number of ether oxygens (including phenoxy) is 2. The fourth-order valence-corrected chi connectivity index (χ4v) is 0.666. The number of halogens is 2. The Kier molecular flexibility index (Phi) is 10.4. The summed E-state index contributed by atoms with van der Waals surface area (Å²) in [5.74, 6) is -5.78. The van der Waals surface area contributed by atoms with Crippen LogP contribution in [0.4, 0.5) is 8.78 Å². The highest BCUT2D eigenvalue weighted by Crippen LogP contribution is 2.20. The van der Waals surface area contributed by atoms with Crippen LogP contribution in [0.3, 0.4) is 0 Å². The highest BCUT2D eigenvalue weighted by molar-refractivity contribution is 6.20. The second kappa shape index (κ2) is 10.1. The lowest BCUT2D eigenvalue weighted by atomic mass is 10.2. The van der Waals surface area contributed by atoms with Crippen LogP contribution in [0.5, 0.6) is 0 Å². The largest absolute Gasteiger partial charge is 0.464 e. The predicted octanol–water partition coefficient (Wildman–Crippen LogP) is 0.480. The van der Waals surface area contributed by atoms with Crippen molar-refractivity contribution < 1.29 is 37.7 Å². The molecular weight excluding hydrogens is 266 g/mol. The molecule has 0 radical (unpaired) electrons. The van der Waals surface area contributed by atoms with Gasteiger partial charge < -0.3 is 14.6 Å². The first-order valence-electron chi connectivity index (χ1n) is 5.24. The maximum absolute atomic E-state index is 12.5. The summed E-state index contributed by atoms with van der Waals surface area (Å²) in [6, 6.07) is 0. The molecule has 8 heteroatoms. The van der Waals surface area contributed by atoms with Gasteiger partial charge in [0.25, 0.3) is 0 Å². The van der Waals surface area contributed by atoms with Gasteiger partial charge in [-0.3, -0.25) is 4.79 Å². The first-order chi connectivity index (χ1) is 8.76. The highest BCUT2D eigenvalue weighted by atomic mass is 19.3. The lowest BCUT2D eigenvalue weighted by Crippen LogP contribution is -2.39. The standard InChI is InChI=1S/C7H10F2O3.C4H6O3/c1-3-7(8,9)5(10)6(11)12-4-2;1-2-7-4(6)3-5/h3,5,10H,1,4H2,2H3;3H,2H2,1H3. The zero-order valence-corrected chi connectivity index (χ0v) is 10.6. The van der Waals surface area contributed by atoms with E-state index in [2.05, 4.69) is 16.1 Å². The van der Waals surface area contributed by atoms with Gasteiger partial charge in [-0.05, 0) is 19.9 Å². The number of aldehydes is 1. The minimum Gasteiger partial charge on any atom is -0.464 e. The van der Waals surface area contributed by atoms with Crippen molar-refractivity contribution in [2.75, 3.05) is 13.2 Å². The molecule has 0 bridgehead atoms. The van der Waals surface area contributed by atoms with E-state index in [0.29, 0.717) is 0 Å². The summed E-state index contributed by atoms with van der Waals surface area (Å²) in [6.07, 6.45) is -2.12. The van der Waals surface area contributed by atoms with Gasteiger partial charge in [0.15, 0.2) is 0 Å². The van der Waals surface area contributed by atoms with Gasteiger partial charge in [0.1, 0.15) is 0 Å². The Hall–Kier alpha value is -1.83. The van der Waals surface area contributed by atoms with E-state index in [-0.39, 0.29) is 25.6 Å². The maximum atomic E-state index is 12.5. The molecule has 0 spiro atoms. The van der Waals surface area contributed by atoms with Crippen molar-refractivity contribution >= 4 is 18.2 Å². The molecule has 0 aromatic rings. The van der Waals surface area contributed by atoms with E-state index in [1.54, 1.807) is 6.92 Å². The van der Waals surface area contributed by atoms with E-state index in [1.807, 2.05) is 0 Å².